The molecule has 0 bridgehead atoms. The summed E-state index contributed by atoms with van der Waals surface area (Å²) in [6.07, 6.45) is 1.64. The van der Waals surface area contributed by atoms with Crippen LogP contribution in [0.1, 0.15) is 17.1 Å². The van der Waals surface area contributed by atoms with Crippen LogP contribution in [-0.2, 0) is 12.3 Å². The van der Waals surface area contributed by atoms with Gasteiger partial charge in [-0.2, -0.15) is 0 Å². The van der Waals surface area contributed by atoms with E-state index in [1.165, 1.54) is 11.8 Å². The topological polar surface area (TPSA) is 89.6 Å². The second-order valence-electron chi connectivity index (χ2n) is 7.25. The van der Waals surface area contributed by atoms with E-state index in [0.717, 1.165) is 16.9 Å². The number of hydrogen-bond donors (Lipinski definition) is 1. The molecule has 3 aromatic heterocycles. The molecule has 5 aromatic rings. The SMILES string of the molecule is Cc1cccc2c(=O)[nH]c(CSc3nnc(-c4ccc(Cl)cc4)n3Cc3ccco3)nc12. The first kappa shape index (κ1) is 20.5. The van der Waals surface area contributed by atoms with Crippen LogP contribution >= 0.6 is 23.4 Å². The largest absolute Gasteiger partial charge is 0.467 e. The van der Waals surface area contributed by atoms with Crippen LogP contribution in [0.4, 0.5) is 0 Å². The maximum absolute atomic E-state index is 12.5. The molecule has 0 radical (unpaired) electrons. The Bertz CT molecular complexity index is 1440. The molecule has 32 heavy (non-hydrogen) atoms. The number of para-hydroxylation sites is 1. The highest BCUT2D eigenvalue weighted by Crippen LogP contribution is 2.28. The van der Waals surface area contributed by atoms with Crippen LogP contribution in [-0.4, -0.2) is 24.7 Å². The van der Waals surface area contributed by atoms with Crippen molar-refractivity contribution in [1.29, 1.82) is 0 Å². The Balaban J connectivity index is 1.48. The van der Waals surface area contributed by atoms with Crippen molar-refractivity contribution in [1.82, 2.24) is 24.7 Å². The zero-order valence-electron chi connectivity index (χ0n) is 17.1. The highest BCUT2D eigenvalue weighted by molar-refractivity contribution is 7.98. The smallest absolute Gasteiger partial charge is 0.258 e. The lowest BCUT2D eigenvalue weighted by Crippen LogP contribution is -2.12. The van der Waals surface area contributed by atoms with Gasteiger partial charge in [-0.3, -0.25) is 9.36 Å². The number of benzene rings is 2. The third-order valence-corrected chi connectivity index (χ3v) is 6.27. The third-order valence-electron chi connectivity index (χ3n) is 5.04. The van der Waals surface area contributed by atoms with Gasteiger partial charge in [-0.05, 0) is 55.0 Å². The van der Waals surface area contributed by atoms with E-state index in [0.29, 0.717) is 45.0 Å². The summed E-state index contributed by atoms with van der Waals surface area (Å²) in [5.41, 5.74) is 2.43. The zero-order chi connectivity index (χ0) is 22.1. The molecule has 5 rings (SSSR count). The van der Waals surface area contributed by atoms with Crippen molar-refractivity contribution in [2.75, 3.05) is 0 Å². The molecule has 0 atom stereocenters. The Kier molecular flexibility index (Phi) is 5.55. The highest BCUT2D eigenvalue weighted by Gasteiger charge is 2.17. The number of hydrogen-bond acceptors (Lipinski definition) is 6. The van der Waals surface area contributed by atoms with Gasteiger partial charge in [-0.25, -0.2) is 4.98 Å². The summed E-state index contributed by atoms with van der Waals surface area (Å²) in [6, 6.07) is 16.8. The molecule has 9 heteroatoms. The van der Waals surface area contributed by atoms with Crippen LogP contribution in [0.2, 0.25) is 5.02 Å². The first-order valence-corrected chi connectivity index (χ1v) is 11.3. The van der Waals surface area contributed by atoms with Crippen molar-refractivity contribution in [3.05, 3.63) is 93.4 Å². The number of fused-ring (bicyclic) bond motifs is 1. The first-order chi connectivity index (χ1) is 15.6. The van der Waals surface area contributed by atoms with Crippen molar-refractivity contribution in [2.45, 2.75) is 24.4 Å². The lowest BCUT2D eigenvalue weighted by Gasteiger charge is -2.09. The summed E-state index contributed by atoms with van der Waals surface area (Å²) in [5, 5.41) is 10.7. The summed E-state index contributed by atoms with van der Waals surface area (Å²) in [6.45, 7) is 2.42. The summed E-state index contributed by atoms with van der Waals surface area (Å²) in [5.74, 6) is 2.52. The fourth-order valence-corrected chi connectivity index (χ4v) is 4.40. The predicted octanol–water partition coefficient (Wildman–Crippen LogP) is 5.08. The summed E-state index contributed by atoms with van der Waals surface area (Å²) >= 11 is 7.50. The monoisotopic (exact) mass is 463 g/mol. The molecule has 0 saturated heterocycles. The number of H-pyrrole nitrogens is 1. The van der Waals surface area contributed by atoms with Crippen molar-refractivity contribution in [3.8, 4) is 11.4 Å². The van der Waals surface area contributed by atoms with Gasteiger partial charge in [-0.15, -0.1) is 10.2 Å². The van der Waals surface area contributed by atoms with Crippen molar-refractivity contribution < 1.29 is 4.42 Å². The van der Waals surface area contributed by atoms with Gasteiger partial charge in [-0.1, -0.05) is 35.5 Å². The maximum Gasteiger partial charge on any atom is 0.258 e. The van der Waals surface area contributed by atoms with Gasteiger partial charge in [0.15, 0.2) is 11.0 Å². The Morgan fingerprint density at radius 1 is 1.09 bits per heavy atom. The molecule has 0 aliphatic rings. The van der Waals surface area contributed by atoms with E-state index in [1.807, 2.05) is 60.0 Å². The number of furan rings is 1. The number of halogens is 1. The summed E-state index contributed by atoms with van der Waals surface area (Å²) in [4.78, 5) is 20.0. The second kappa shape index (κ2) is 8.64. The number of nitrogens with zero attached hydrogens (tertiary/aromatic N) is 4. The van der Waals surface area contributed by atoms with Gasteiger partial charge in [0.1, 0.15) is 11.6 Å². The Labute approximate surface area is 192 Å². The molecule has 2 aromatic carbocycles. The minimum absolute atomic E-state index is 0.145. The number of nitrogens with one attached hydrogen (secondary N) is 1. The fraction of sp³-hybridized carbons (Fsp3) is 0.130. The molecule has 0 spiro atoms. The number of aromatic amines is 1. The predicted molar refractivity (Wildman–Crippen MR) is 125 cm³/mol. The quantitative estimate of drug-likeness (QED) is 0.353. The Morgan fingerprint density at radius 3 is 2.72 bits per heavy atom. The summed E-state index contributed by atoms with van der Waals surface area (Å²) < 4.78 is 7.53. The average molecular weight is 464 g/mol. The van der Waals surface area contributed by atoms with E-state index >= 15 is 0 Å². The van der Waals surface area contributed by atoms with Gasteiger partial charge >= 0.3 is 0 Å². The molecular formula is C23H18ClN5O2S. The van der Waals surface area contributed by atoms with Crippen LogP contribution in [0.25, 0.3) is 22.3 Å². The van der Waals surface area contributed by atoms with Gasteiger partial charge in [0, 0.05) is 10.6 Å². The van der Waals surface area contributed by atoms with Gasteiger partial charge in [0.05, 0.1) is 29.5 Å². The molecule has 1 N–H and O–H groups in total. The number of rotatable bonds is 6. The van der Waals surface area contributed by atoms with E-state index in [1.54, 1.807) is 12.3 Å². The standard InChI is InChI=1S/C23H18ClN5O2S/c1-14-4-2-6-18-20(14)25-19(26-22(18)30)13-32-23-28-27-21(15-7-9-16(24)10-8-15)29(23)12-17-5-3-11-31-17/h2-11H,12-13H2,1H3,(H,25,26,30). The van der Waals surface area contributed by atoms with Gasteiger partial charge in [0.25, 0.3) is 5.56 Å². The molecular weight excluding hydrogens is 446 g/mol. The Hall–Kier alpha value is -3.36. The van der Waals surface area contributed by atoms with Crippen LogP contribution < -0.4 is 5.56 Å². The minimum atomic E-state index is -0.145. The molecule has 0 amide bonds. The summed E-state index contributed by atoms with van der Waals surface area (Å²) in [7, 11) is 0. The average Bonchev–Trinajstić information content (AvgIpc) is 3.44. The molecule has 0 aliphatic carbocycles. The van der Waals surface area contributed by atoms with Crippen LogP contribution in [0, 0.1) is 6.92 Å². The lowest BCUT2D eigenvalue weighted by molar-refractivity contribution is 0.485. The molecule has 0 unspecified atom stereocenters. The highest BCUT2D eigenvalue weighted by atomic mass is 35.5. The van der Waals surface area contributed by atoms with Gasteiger partial charge in [0.2, 0.25) is 0 Å². The van der Waals surface area contributed by atoms with Gasteiger partial charge < -0.3 is 9.40 Å². The molecule has 160 valence electrons. The number of thioether (sulfide) groups is 1. The van der Waals surface area contributed by atoms with E-state index < -0.39 is 0 Å². The third kappa shape index (κ3) is 4.06. The van der Waals surface area contributed by atoms with E-state index in [2.05, 4.69) is 20.2 Å². The first-order valence-electron chi connectivity index (χ1n) is 9.91. The number of aryl methyl sites for hydroxylation is 1. The van der Waals surface area contributed by atoms with Crippen molar-refractivity contribution in [3.63, 3.8) is 0 Å². The number of aromatic nitrogens is 5. The van der Waals surface area contributed by atoms with Crippen LogP contribution in [0.3, 0.4) is 0 Å². The maximum atomic E-state index is 12.5. The minimum Gasteiger partial charge on any atom is -0.467 e. The van der Waals surface area contributed by atoms with E-state index in [4.69, 9.17) is 16.0 Å². The van der Waals surface area contributed by atoms with Crippen LogP contribution in [0.15, 0.2) is 75.2 Å². The molecule has 0 aliphatic heterocycles. The van der Waals surface area contributed by atoms with E-state index in [-0.39, 0.29) is 5.56 Å². The van der Waals surface area contributed by atoms with E-state index in [9.17, 15) is 4.79 Å². The van der Waals surface area contributed by atoms with Crippen molar-refractivity contribution in [2.24, 2.45) is 0 Å². The second-order valence-corrected chi connectivity index (χ2v) is 8.63. The fourth-order valence-electron chi connectivity index (χ4n) is 3.46. The van der Waals surface area contributed by atoms with Crippen LogP contribution in [0.5, 0.6) is 0 Å². The molecule has 0 fully saturated rings. The molecule has 3 heterocycles. The van der Waals surface area contributed by atoms with Crippen molar-refractivity contribution >= 4 is 34.3 Å². The normalized spacial score (nSPS) is 11.3. The Morgan fingerprint density at radius 2 is 1.94 bits per heavy atom. The molecule has 7 nitrogen and oxygen atoms in total. The molecule has 0 saturated carbocycles. The zero-order valence-corrected chi connectivity index (χ0v) is 18.7. The lowest BCUT2D eigenvalue weighted by atomic mass is 10.1.